The third kappa shape index (κ3) is 4.85. The molecule has 182 valence electrons. The van der Waals surface area contributed by atoms with E-state index in [1.807, 2.05) is 18.2 Å². The Balaban J connectivity index is 1.37. The first-order valence-corrected chi connectivity index (χ1v) is 12.5. The zero-order chi connectivity index (χ0) is 24.3. The number of thioether (sulfide) groups is 1. The molecule has 0 saturated carbocycles. The van der Waals surface area contributed by atoms with Gasteiger partial charge in [0.25, 0.3) is 0 Å². The number of benzene rings is 1. The number of unbranched alkanes of at least 4 members (excludes halogenated alkanes) is 1. The van der Waals surface area contributed by atoms with E-state index < -0.39 is 29.1 Å². The van der Waals surface area contributed by atoms with Gasteiger partial charge in [0, 0.05) is 25.0 Å². The number of aromatic nitrogens is 3. The standard InChI is InChI=1S/C23H26ClN3O6S/c1-3-4-9-31-11-14-10-23(19(29)32-14)13-22(2,33-20(23)30)17(28)12-34-21-25-18(26-27-21)15-7-5-6-8-16(15)24/h5-8,14H,3-4,9-13H2,1-2H3,(H,25,26,27). The number of halogens is 1. The highest BCUT2D eigenvalue weighted by atomic mass is 35.5. The van der Waals surface area contributed by atoms with Crippen LogP contribution < -0.4 is 0 Å². The van der Waals surface area contributed by atoms with Crippen LogP contribution in [0.15, 0.2) is 29.4 Å². The van der Waals surface area contributed by atoms with Crippen molar-refractivity contribution in [2.75, 3.05) is 19.0 Å². The summed E-state index contributed by atoms with van der Waals surface area (Å²) in [5, 5.41) is 7.82. The quantitative estimate of drug-likeness (QED) is 0.222. The molecule has 2 fully saturated rings. The normalized spacial score (nSPS) is 26.1. The lowest BCUT2D eigenvalue weighted by Gasteiger charge is -2.20. The van der Waals surface area contributed by atoms with E-state index >= 15 is 0 Å². The molecule has 1 aromatic heterocycles. The first kappa shape index (κ1) is 24.7. The minimum atomic E-state index is -1.46. The van der Waals surface area contributed by atoms with E-state index in [2.05, 4.69) is 22.1 Å². The van der Waals surface area contributed by atoms with Gasteiger partial charge in [0.2, 0.25) is 5.16 Å². The second-order valence-electron chi connectivity index (χ2n) is 8.70. The summed E-state index contributed by atoms with van der Waals surface area (Å²) in [7, 11) is 0. The molecule has 0 radical (unpaired) electrons. The largest absolute Gasteiger partial charge is 0.459 e. The first-order chi connectivity index (χ1) is 16.3. The molecule has 9 nitrogen and oxygen atoms in total. The molecule has 0 amide bonds. The Labute approximate surface area is 206 Å². The summed E-state index contributed by atoms with van der Waals surface area (Å²) in [5.74, 6) is -1.24. The molecule has 2 aliphatic rings. The summed E-state index contributed by atoms with van der Waals surface area (Å²) >= 11 is 7.31. The SMILES string of the molecule is CCCCOCC1CC2(CC(C)(C(=O)CSc3n[nH]c(-c4ccccc4Cl)n3)OC2=O)C(=O)O1. The van der Waals surface area contributed by atoms with Crippen molar-refractivity contribution in [2.45, 2.75) is 56.4 Å². The smallest absolute Gasteiger partial charge is 0.324 e. The number of ether oxygens (including phenoxy) is 3. The lowest BCUT2D eigenvalue weighted by atomic mass is 9.77. The van der Waals surface area contributed by atoms with Crippen molar-refractivity contribution in [3.05, 3.63) is 29.3 Å². The number of cyclic esters (lactones) is 2. The van der Waals surface area contributed by atoms with E-state index in [9.17, 15) is 14.4 Å². The maximum absolute atomic E-state index is 13.0. The Morgan fingerprint density at radius 3 is 2.88 bits per heavy atom. The molecule has 1 N–H and O–H groups in total. The molecule has 11 heteroatoms. The number of esters is 2. The van der Waals surface area contributed by atoms with Crippen LogP contribution in [0.3, 0.4) is 0 Å². The van der Waals surface area contributed by atoms with Crippen molar-refractivity contribution in [2.24, 2.45) is 5.41 Å². The van der Waals surface area contributed by atoms with Gasteiger partial charge in [-0.15, -0.1) is 5.10 Å². The number of carbonyl (C=O) groups excluding carboxylic acids is 3. The van der Waals surface area contributed by atoms with Crippen LogP contribution >= 0.6 is 23.4 Å². The fraction of sp³-hybridized carbons (Fsp3) is 0.522. The van der Waals surface area contributed by atoms with Crippen molar-refractivity contribution < 1.29 is 28.6 Å². The molecule has 2 saturated heterocycles. The van der Waals surface area contributed by atoms with Crippen molar-refractivity contribution in [1.29, 1.82) is 0 Å². The Kier molecular flexibility index (Phi) is 7.30. The average Bonchev–Trinajstić information content (AvgIpc) is 3.47. The maximum atomic E-state index is 13.0. The lowest BCUT2D eigenvalue weighted by Crippen LogP contribution is -2.38. The van der Waals surface area contributed by atoms with Gasteiger partial charge in [-0.05, 0) is 25.5 Å². The van der Waals surface area contributed by atoms with Gasteiger partial charge in [0.15, 0.2) is 22.6 Å². The fourth-order valence-corrected chi connectivity index (χ4v) is 5.21. The van der Waals surface area contributed by atoms with Crippen LogP contribution in [-0.4, -0.2) is 63.6 Å². The summed E-state index contributed by atoms with van der Waals surface area (Å²) < 4.78 is 16.4. The summed E-state index contributed by atoms with van der Waals surface area (Å²) in [6.07, 6.45) is 1.47. The molecule has 3 heterocycles. The monoisotopic (exact) mass is 507 g/mol. The summed E-state index contributed by atoms with van der Waals surface area (Å²) in [4.78, 5) is 42.8. The number of Topliss-reactive ketones (excluding diaryl/α,β-unsaturated/α-hetero) is 1. The van der Waals surface area contributed by atoms with Crippen molar-refractivity contribution >= 4 is 41.1 Å². The van der Waals surface area contributed by atoms with Crippen molar-refractivity contribution in [3.8, 4) is 11.4 Å². The van der Waals surface area contributed by atoms with Gasteiger partial charge in [-0.1, -0.05) is 48.8 Å². The molecule has 0 aliphatic carbocycles. The number of H-pyrrole nitrogens is 1. The minimum Gasteiger partial charge on any atom is -0.459 e. The van der Waals surface area contributed by atoms with Crippen LogP contribution in [0.2, 0.25) is 5.02 Å². The summed E-state index contributed by atoms with van der Waals surface area (Å²) in [5.41, 5.74) is -2.19. The van der Waals surface area contributed by atoms with E-state index in [4.69, 9.17) is 25.8 Å². The van der Waals surface area contributed by atoms with Crippen LogP contribution in [0, 0.1) is 5.41 Å². The highest BCUT2D eigenvalue weighted by Gasteiger charge is 2.66. The summed E-state index contributed by atoms with van der Waals surface area (Å²) in [6.45, 7) is 4.38. The Morgan fingerprint density at radius 1 is 1.32 bits per heavy atom. The second-order valence-corrected chi connectivity index (χ2v) is 10.0. The highest BCUT2D eigenvalue weighted by Crippen LogP contribution is 2.49. The predicted octanol–water partition coefficient (Wildman–Crippen LogP) is 3.61. The number of hydrogen-bond acceptors (Lipinski definition) is 9. The number of nitrogens with zero attached hydrogens (tertiary/aromatic N) is 2. The Morgan fingerprint density at radius 2 is 2.12 bits per heavy atom. The van der Waals surface area contributed by atoms with Gasteiger partial charge >= 0.3 is 11.9 Å². The predicted molar refractivity (Wildman–Crippen MR) is 124 cm³/mol. The molecule has 3 unspecified atom stereocenters. The molecular weight excluding hydrogens is 482 g/mol. The molecule has 2 aromatic rings. The van der Waals surface area contributed by atoms with Crippen LogP contribution in [0.4, 0.5) is 0 Å². The highest BCUT2D eigenvalue weighted by molar-refractivity contribution is 7.99. The van der Waals surface area contributed by atoms with Crippen LogP contribution in [-0.2, 0) is 28.6 Å². The van der Waals surface area contributed by atoms with Gasteiger partial charge < -0.3 is 14.2 Å². The average molecular weight is 508 g/mol. The van der Waals surface area contributed by atoms with E-state index in [0.29, 0.717) is 28.2 Å². The molecule has 1 spiro atoms. The van der Waals surface area contributed by atoms with E-state index in [1.165, 1.54) is 6.92 Å². The number of carbonyl (C=O) groups is 3. The van der Waals surface area contributed by atoms with Crippen LogP contribution in [0.25, 0.3) is 11.4 Å². The lowest BCUT2D eigenvalue weighted by molar-refractivity contribution is -0.162. The number of ketones is 1. The minimum absolute atomic E-state index is 0.0295. The van der Waals surface area contributed by atoms with E-state index in [-0.39, 0.29) is 31.0 Å². The van der Waals surface area contributed by atoms with E-state index in [1.54, 1.807) is 6.07 Å². The molecule has 1 aromatic carbocycles. The van der Waals surface area contributed by atoms with Crippen LogP contribution in [0.5, 0.6) is 0 Å². The van der Waals surface area contributed by atoms with Gasteiger partial charge in [-0.2, -0.15) is 0 Å². The Hall–Kier alpha value is -2.43. The number of hydrogen-bond donors (Lipinski definition) is 1. The third-order valence-corrected chi connectivity index (χ3v) is 7.23. The molecule has 2 aliphatic heterocycles. The van der Waals surface area contributed by atoms with Crippen LogP contribution in [0.1, 0.15) is 39.5 Å². The molecule has 4 rings (SSSR count). The maximum Gasteiger partial charge on any atom is 0.324 e. The van der Waals surface area contributed by atoms with Crippen molar-refractivity contribution in [1.82, 2.24) is 15.2 Å². The topological polar surface area (TPSA) is 120 Å². The third-order valence-electron chi connectivity index (χ3n) is 6.05. The Bertz CT molecular complexity index is 1090. The van der Waals surface area contributed by atoms with Crippen molar-refractivity contribution in [3.63, 3.8) is 0 Å². The van der Waals surface area contributed by atoms with Gasteiger partial charge in [0.05, 0.1) is 17.4 Å². The number of rotatable bonds is 10. The fourth-order valence-electron chi connectivity index (χ4n) is 4.15. The molecular formula is C23H26ClN3O6S. The molecule has 34 heavy (non-hydrogen) atoms. The van der Waals surface area contributed by atoms with Gasteiger partial charge in [-0.3, -0.25) is 19.5 Å². The first-order valence-electron chi connectivity index (χ1n) is 11.1. The summed E-state index contributed by atoms with van der Waals surface area (Å²) in [6, 6.07) is 7.20. The number of aromatic amines is 1. The number of nitrogens with one attached hydrogen (secondary N) is 1. The molecule has 3 atom stereocenters. The second kappa shape index (κ2) is 10.1. The van der Waals surface area contributed by atoms with Gasteiger partial charge in [-0.25, -0.2) is 4.98 Å². The zero-order valence-electron chi connectivity index (χ0n) is 19.0. The molecule has 0 bridgehead atoms. The van der Waals surface area contributed by atoms with E-state index in [0.717, 1.165) is 24.6 Å². The van der Waals surface area contributed by atoms with Gasteiger partial charge in [0.1, 0.15) is 6.10 Å². The zero-order valence-corrected chi connectivity index (χ0v) is 20.5.